The maximum absolute atomic E-state index is 12.6. The molecular formula is C17H16ClN5OS2. The number of hydrogen-bond acceptors (Lipinski definition) is 6. The fourth-order valence-electron chi connectivity index (χ4n) is 2.19. The van der Waals surface area contributed by atoms with Crippen LogP contribution in [0, 0.1) is 0 Å². The summed E-state index contributed by atoms with van der Waals surface area (Å²) < 4.78 is 1.58. The molecule has 9 heteroatoms. The van der Waals surface area contributed by atoms with Gasteiger partial charge in [0.25, 0.3) is 0 Å². The third-order valence-corrected chi connectivity index (χ3v) is 5.61. The number of benzene rings is 2. The Labute approximate surface area is 164 Å². The number of halogens is 1. The summed E-state index contributed by atoms with van der Waals surface area (Å²) >= 11 is 8.80. The Hall–Kier alpha value is -2.03. The van der Waals surface area contributed by atoms with Gasteiger partial charge < -0.3 is 5.32 Å². The summed E-state index contributed by atoms with van der Waals surface area (Å²) in [6.07, 6.45) is 1.98. The summed E-state index contributed by atoms with van der Waals surface area (Å²) in [4.78, 5) is 13.6. The van der Waals surface area contributed by atoms with E-state index >= 15 is 0 Å². The summed E-state index contributed by atoms with van der Waals surface area (Å²) in [5, 5.41) is 15.5. The van der Waals surface area contributed by atoms with Crippen molar-refractivity contribution >= 4 is 46.7 Å². The third kappa shape index (κ3) is 4.38. The molecule has 1 atom stereocenters. The van der Waals surface area contributed by atoms with Crippen molar-refractivity contribution in [2.45, 2.75) is 22.2 Å². The van der Waals surface area contributed by atoms with E-state index in [0.29, 0.717) is 10.2 Å². The van der Waals surface area contributed by atoms with Crippen LogP contribution in [0.25, 0.3) is 5.69 Å². The van der Waals surface area contributed by atoms with Crippen LogP contribution in [0.5, 0.6) is 0 Å². The van der Waals surface area contributed by atoms with E-state index in [2.05, 4.69) is 20.8 Å². The molecule has 3 aromatic rings. The first-order valence-corrected chi connectivity index (χ1v) is 10.2. The number of nitrogens with one attached hydrogen (secondary N) is 1. The Morgan fingerprint density at radius 1 is 1.19 bits per heavy atom. The molecular weight excluding hydrogens is 390 g/mol. The summed E-state index contributed by atoms with van der Waals surface area (Å²) in [6, 6.07) is 14.9. The van der Waals surface area contributed by atoms with Gasteiger partial charge in [0, 0.05) is 9.92 Å². The summed E-state index contributed by atoms with van der Waals surface area (Å²) in [6.45, 7) is 1.82. The van der Waals surface area contributed by atoms with Crippen LogP contribution in [0.15, 0.2) is 58.6 Å². The quantitative estimate of drug-likeness (QED) is 0.621. The van der Waals surface area contributed by atoms with E-state index in [9.17, 15) is 4.79 Å². The summed E-state index contributed by atoms with van der Waals surface area (Å²) in [5.41, 5.74) is 1.58. The van der Waals surface area contributed by atoms with Crippen LogP contribution >= 0.6 is 35.1 Å². The first kappa shape index (κ1) is 18.8. The lowest BCUT2D eigenvalue weighted by molar-refractivity contribution is -0.115. The number of hydrogen-bond donors (Lipinski definition) is 1. The largest absolute Gasteiger partial charge is 0.324 e. The van der Waals surface area contributed by atoms with Crippen molar-refractivity contribution in [3.8, 4) is 5.69 Å². The molecule has 0 spiro atoms. The molecule has 0 saturated heterocycles. The van der Waals surface area contributed by atoms with Crippen LogP contribution in [-0.2, 0) is 4.79 Å². The van der Waals surface area contributed by atoms with Gasteiger partial charge in [-0.25, -0.2) is 0 Å². The lowest BCUT2D eigenvalue weighted by Gasteiger charge is -2.13. The van der Waals surface area contributed by atoms with E-state index < -0.39 is 0 Å². The van der Waals surface area contributed by atoms with E-state index in [-0.39, 0.29) is 11.2 Å². The predicted molar refractivity (Wildman–Crippen MR) is 106 cm³/mol. The van der Waals surface area contributed by atoms with E-state index in [1.54, 1.807) is 28.6 Å². The van der Waals surface area contributed by atoms with E-state index in [1.165, 1.54) is 11.8 Å². The molecule has 2 aromatic carbocycles. The fraction of sp³-hybridized carbons (Fsp3) is 0.176. The van der Waals surface area contributed by atoms with Crippen molar-refractivity contribution in [3.05, 3.63) is 53.6 Å². The Balaban J connectivity index is 1.72. The average Bonchev–Trinajstić information content (AvgIpc) is 3.10. The van der Waals surface area contributed by atoms with Crippen molar-refractivity contribution < 1.29 is 4.79 Å². The maximum Gasteiger partial charge on any atom is 0.237 e. The van der Waals surface area contributed by atoms with Crippen molar-refractivity contribution in [1.82, 2.24) is 20.2 Å². The summed E-state index contributed by atoms with van der Waals surface area (Å²) in [7, 11) is 0. The molecule has 0 aliphatic heterocycles. The van der Waals surface area contributed by atoms with Crippen molar-refractivity contribution in [2.24, 2.45) is 0 Å². The normalized spacial score (nSPS) is 12.0. The number of para-hydroxylation sites is 1. The molecule has 1 unspecified atom stereocenters. The highest BCUT2D eigenvalue weighted by Crippen LogP contribution is 2.27. The topological polar surface area (TPSA) is 72.7 Å². The third-order valence-electron chi connectivity index (χ3n) is 3.53. The van der Waals surface area contributed by atoms with Gasteiger partial charge >= 0.3 is 0 Å². The number of tetrazole rings is 1. The smallest absolute Gasteiger partial charge is 0.237 e. The van der Waals surface area contributed by atoms with Gasteiger partial charge in [-0.3, -0.25) is 4.79 Å². The molecule has 0 aliphatic rings. The second-order valence-corrected chi connectivity index (χ2v) is 7.89. The molecule has 3 rings (SSSR count). The van der Waals surface area contributed by atoms with Gasteiger partial charge in [0.1, 0.15) is 0 Å². The number of nitrogens with zero attached hydrogens (tertiary/aromatic N) is 4. The van der Waals surface area contributed by atoms with Crippen molar-refractivity contribution in [3.63, 3.8) is 0 Å². The molecule has 26 heavy (non-hydrogen) atoms. The molecule has 0 saturated carbocycles. The Morgan fingerprint density at radius 3 is 2.65 bits per heavy atom. The molecule has 134 valence electrons. The first-order valence-electron chi connectivity index (χ1n) is 7.73. The Kier molecular flexibility index (Phi) is 6.18. The minimum absolute atomic E-state index is 0.109. The van der Waals surface area contributed by atoms with Gasteiger partial charge in [0.15, 0.2) is 0 Å². The molecule has 0 fully saturated rings. The van der Waals surface area contributed by atoms with Crippen LogP contribution < -0.4 is 5.32 Å². The SMILES string of the molecule is CSc1ccccc1NC(=O)C(C)Sc1nnnn1-c1ccc(Cl)cc1. The molecule has 6 nitrogen and oxygen atoms in total. The van der Waals surface area contributed by atoms with Gasteiger partial charge in [-0.2, -0.15) is 4.68 Å². The standard InChI is InChI=1S/C17H16ClN5OS2/c1-11(16(24)19-14-5-3-4-6-15(14)25-2)26-17-20-21-22-23(17)13-9-7-12(18)8-10-13/h3-11H,1-2H3,(H,19,24). The maximum atomic E-state index is 12.6. The average molecular weight is 406 g/mol. The number of amides is 1. The molecule has 1 aromatic heterocycles. The lowest BCUT2D eigenvalue weighted by atomic mass is 10.3. The molecule has 0 bridgehead atoms. The van der Waals surface area contributed by atoms with Crippen LogP contribution in [0.1, 0.15) is 6.92 Å². The number of carbonyl (C=O) groups excluding carboxylic acids is 1. The summed E-state index contributed by atoms with van der Waals surface area (Å²) in [5.74, 6) is -0.109. The van der Waals surface area contributed by atoms with Crippen LogP contribution in [0.2, 0.25) is 5.02 Å². The number of rotatable bonds is 6. The van der Waals surface area contributed by atoms with Crippen LogP contribution in [0.3, 0.4) is 0 Å². The van der Waals surface area contributed by atoms with Gasteiger partial charge in [0.05, 0.1) is 16.6 Å². The van der Waals surface area contributed by atoms with Gasteiger partial charge in [-0.1, -0.05) is 35.5 Å². The monoisotopic (exact) mass is 405 g/mol. The van der Waals surface area contributed by atoms with Gasteiger partial charge in [-0.05, 0) is 60.0 Å². The van der Waals surface area contributed by atoms with Crippen molar-refractivity contribution in [1.29, 1.82) is 0 Å². The molecule has 0 aliphatic carbocycles. The van der Waals surface area contributed by atoms with Crippen LogP contribution in [0.4, 0.5) is 5.69 Å². The Morgan fingerprint density at radius 2 is 1.92 bits per heavy atom. The zero-order valence-electron chi connectivity index (χ0n) is 14.1. The zero-order valence-corrected chi connectivity index (χ0v) is 16.5. The number of anilines is 1. The molecule has 1 heterocycles. The second kappa shape index (κ2) is 8.57. The van der Waals surface area contributed by atoms with E-state index in [0.717, 1.165) is 16.3 Å². The van der Waals surface area contributed by atoms with E-state index in [4.69, 9.17) is 11.6 Å². The predicted octanol–water partition coefficient (Wildman–Crippen LogP) is 4.16. The lowest BCUT2D eigenvalue weighted by Crippen LogP contribution is -2.23. The number of thioether (sulfide) groups is 2. The van der Waals surface area contributed by atoms with Crippen LogP contribution in [-0.4, -0.2) is 37.6 Å². The fourth-order valence-corrected chi connectivity index (χ4v) is 3.68. The highest BCUT2D eigenvalue weighted by Gasteiger charge is 2.20. The minimum Gasteiger partial charge on any atom is -0.324 e. The van der Waals surface area contributed by atoms with E-state index in [1.807, 2.05) is 49.6 Å². The molecule has 0 radical (unpaired) electrons. The minimum atomic E-state index is -0.373. The number of aromatic nitrogens is 4. The molecule has 1 N–H and O–H groups in total. The first-order chi connectivity index (χ1) is 12.6. The second-order valence-electron chi connectivity index (χ2n) is 5.30. The number of carbonyl (C=O) groups is 1. The highest BCUT2D eigenvalue weighted by molar-refractivity contribution is 8.00. The zero-order chi connectivity index (χ0) is 18.5. The highest BCUT2D eigenvalue weighted by atomic mass is 35.5. The van der Waals surface area contributed by atoms with Crippen molar-refractivity contribution in [2.75, 3.05) is 11.6 Å². The van der Waals surface area contributed by atoms with Gasteiger partial charge in [0.2, 0.25) is 11.1 Å². The Bertz CT molecular complexity index is 900. The molecule has 1 amide bonds. The van der Waals surface area contributed by atoms with Gasteiger partial charge in [-0.15, -0.1) is 16.9 Å².